The molecule has 1 aromatic rings. The summed E-state index contributed by atoms with van der Waals surface area (Å²) in [6.45, 7) is 5.85. The van der Waals surface area contributed by atoms with Crippen molar-refractivity contribution in [1.29, 1.82) is 0 Å². The van der Waals surface area contributed by atoms with E-state index < -0.39 is 17.3 Å². The summed E-state index contributed by atoms with van der Waals surface area (Å²) in [6, 6.07) is 5.65. The molecule has 0 unspecified atom stereocenters. The van der Waals surface area contributed by atoms with Crippen LogP contribution in [0.3, 0.4) is 0 Å². The Morgan fingerprint density at radius 3 is 2.43 bits per heavy atom. The number of rotatable bonds is 8. The van der Waals surface area contributed by atoms with Gasteiger partial charge in [0, 0.05) is 18.7 Å². The number of hydrogen-bond donors (Lipinski definition) is 1. The molecule has 0 heterocycles. The maximum absolute atomic E-state index is 12.8. The first-order valence-corrected chi connectivity index (χ1v) is 9.98. The van der Waals surface area contributed by atoms with Crippen molar-refractivity contribution < 1.29 is 28.9 Å². The summed E-state index contributed by atoms with van der Waals surface area (Å²) in [5, 5.41) is 10.8. The van der Waals surface area contributed by atoms with Crippen molar-refractivity contribution in [2.75, 3.05) is 27.9 Å². The quantitative estimate of drug-likeness (QED) is 0.512. The largest absolute Gasteiger partial charge is 0.511 e. The van der Waals surface area contributed by atoms with Gasteiger partial charge in [0.2, 0.25) is 0 Å². The van der Waals surface area contributed by atoms with Gasteiger partial charge in [0.1, 0.15) is 11.7 Å². The highest BCUT2D eigenvalue weighted by Crippen LogP contribution is 2.42. The van der Waals surface area contributed by atoms with E-state index in [9.17, 15) is 14.7 Å². The average Bonchev–Trinajstić information content (AvgIpc) is 2.71. The van der Waals surface area contributed by atoms with E-state index in [2.05, 4.69) is 4.99 Å². The molecule has 0 bridgehead atoms. The molecule has 164 valence electrons. The van der Waals surface area contributed by atoms with E-state index in [4.69, 9.17) is 14.2 Å². The van der Waals surface area contributed by atoms with E-state index >= 15 is 0 Å². The number of ether oxygens (including phenoxy) is 3. The molecule has 0 saturated carbocycles. The fraction of sp³-hybridized carbons (Fsp3) is 0.522. The van der Waals surface area contributed by atoms with Crippen LogP contribution in [0.15, 0.2) is 34.5 Å². The molecule has 1 aromatic carbocycles. The van der Waals surface area contributed by atoms with Crippen LogP contribution in [0.25, 0.3) is 0 Å². The van der Waals surface area contributed by atoms with Crippen LogP contribution in [0, 0.1) is 11.3 Å². The number of Topliss-reactive ketones (excluding diaryl/α,β-unsaturated/α-hetero) is 1. The van der Waals surface area contributed by atoms with Gasteiger partial charge < -0.3 is 19.3 Å². The highest BCUT2D eigenvalue weighted by Gasteiger charge is 2.47. The summed E-state index contributed by atoms with van der Waals surface area (Å²) in [7, 11) is 4.44. The Kier molecular flexibility index (Phi) is 7.65. The number of aliphatic hydroxyl groups excluding tert-OH is 1. The van der Waals surface area contributed by atoms with Gasteiger partial charge in [-0.15, -0.1) is 0 Å². The molecule has 1 aliphatic carbocycles. The van der Waals surface area contributed by atoms with Crippen LogP contribution in [0.4, 0.5) is 0 Å². The molecule has 0 saturated heterocycles. The van der Waals surface area contributed by atoms with Gasteiger partial charge in [0.25, 0.3) is 0 Å². The monoisotopic (exact) mass is 417 g/mol. The van der Waals surface area contributed by atoms with Crippen molar-refractivity contribution in [3.05, 3.63) is 35.1 Å². The van der Waals surface area contributed by atoms with Crippen molar-refractivity contribution in [3.63, 3.8) is 0 Å². The molecule has 0 aliphatic heterocycles. The molecule has 1 aliphatic rings. The number of benzene rings is 1. The standard InChI is InChI=1S/C23H31NO6/c1-7-15(24-11-10-14-8-9-17(28-4)18(12-14)29-5)19-16(25)13-23(2,3)20(21(19)26)22(27)30-6/h8-9,12,20,26H,7,10-11,13H2,1-6H3/t20-/m0/s1. The predicted octanol–water partition coefficient (Wildman–Crippen LogP) is 3.70. The number of aliphatic hydroxyl groups is 1. The highest BCUT2D eigenvalue weighted by atomic mass is 16.5. The van der Waals surface area contributed by atoms with Crippen LogP contribution in [-0.4, -0.2) is 50.4 Å². The molecule has 0 aromatic heterocycles. The second kappa shape index (κ2) is 9.78. The molecule has 30 heavy (non-hydrogen) atoms. The molecule has 7 heteroatoms. The van der Waals surface area contributed by atoms with Gasteiger partial charge in [0.15, 0.2) is 17.3 Å². The maximum atomic E-state index is 12.8. The summed E-state index contributed by atoms with van der Waals surface area (Å²) in [4.78, 5) is 29.6. The van der Waals surface area contributed by atoms with Crippen molar-refractivity contribution in [2.24, 2.45) is 16.3 Å². The van der Waals surface area contributed by atoms with Crippen LogP contribution < -0.4 is 9.47 Å². The first-order valence-electron chi connectivity index (χ1n) is 9.98. The number of carbonyl (C=O) groups excluding carboxylic acids is 2. The number of esters is 1. The molecule has 0 fully saturated rings. The molecule has 0 radical (unpaired) electrons. The van der Waals surface area contributed by atoms with E-state index in [1.165, 1.54) is 7.11 Å². The third-order valence-corrected chi connectivity index (χ3v) is 5.42. The van der Waals surface area contributed by atoms with Crippen molar-refractivity contribution in [2.45, 2.75) is 40.0 Å². The van der Waals surface area contributed by atoms with Gasteiger partial charge in [-0.05, 0) is 36.0 Å². The number of carbonyl (C=O) groups is 2. The zero-order chi connectivity index (χ0) is 22.5. The lowest BCUT2D eigenvalue weighted by Gasteiger charge is -2.36. The Hall–Kier alpha value is -2.83. The molecule has 1 N–H and O–H groups in total. The van der Waals surface area contributed by atoms with Crippen LogP contribution in [0.1, 0.15) is 39.2 Å². The zero-order valence-electron chi connectivity index (χ0n) is 18.6. The number of aliphatic imine (C=N–C) groups is 1. The zero-order valence-corrected chi connectivity index (χ0v) is 18.6. The molecular formula is C23H31NO6. The lowest BCUT2D eigenvalue weighted by Crippen LogP contribution is -2.41. The minimum Gasteiger partial charge on any atom is -0.511 e. The number of hydrogen-bond acceptors (Lipinski definition) is 7. The van der Waals surface area contributed by atoms with E-state index in [-0.39, 0.29) is 23.5 Å². The molecule has 1 atom stereocenters. The molecule has 0 amide bonds. The Bertz CT molecular complexity index is 868. The second-order valence-corrected chi connectivity index (χ2v) is 7.93. The number of nitrogens with zero attached hydrogens (tertiary/aromatic N) is 1. The summed E-state index contributed by atoms with van der Waals surface area (Å²) in [5.74, 6) is -0.598. The average molecular weight is 418 g/mol. The first kappa shape index (κ1) is 23.4. The second-order valence-electron chi connectivity index (χ2n) is 7.93. The third kappa shape index (κ3) is 4.83. The van der Waals surface area contributed by atoms with Gasteiger partial charge in [-0.2, -0.15) is 0 Å². The Morgan fingerprint density at radius 1 is 1.20 bits per heavy atom. The number of methoxy groups -OCH3 is 3. The fourth-order valence-corrected chi connectivity index (χ4v) is 3.84. The number of allylic oxidation sites excluding steroid dienone is 1. The van der Waals surface area contributed by atoms with E-state index in [1.54, 1.807) is 28.1 Å². The molecule has 2 rings (SSSR count). The van der Waals surface area contributed by atoms with E-state index in [1.807, 2.05) is 25.1 Å². The Labute approximate surface area is 177 Å². The predicted molar refractivity (Wildman–Crippen MR) is 114 cm³/mol. The molecular weight excluding hydrogens is 386 g/mol. The van der Waals surface area contributed by atoms with Gasteiger partial charge in [-0.3, -0.25) is 14.6 Å². The van der Waals surface area contributed by atoms with Crippen molar-refractivity contribution >= 4 is 17.5 Å². The first-order chi connectivity index (χ1) is 14.2. The maximum Gasteiger partial charge on any atom is 0.316 e. The van der Waals surface area contributed by atoms with Gasteiger partial charge in [0.05, 0.1) is 26.9 Å². The van der Waals surface area contributed by atoms with E-state index in [0.29, 0.717) is 36.6 Å². The van der Waals surface area contributed by atoms with Crippen LogP contribution >= 0.6 is 0 Å². The van der Waals surface area contributed by atoms with Crippen LogP contribution in [0.2, 0.25) is 0 Å². The Morgan fingerprint density at radius 2 is 1.87 bits per heavy atom. The summed E-state index contributed by atoms with van der Waals surface area (Å²) < 4.78 is 15.4. The fourth-order valence-electron chi connectivity index (χ4n) is 3.84. The minimum absolute atomic E-state index is 0.140. The topological polar surface area (TPSA) is 94.4 Å². The van der Waals surface area contributed by atoms with Crippen LogP contribution in [-0.2, 0) is 20.7 Å². The van der Waals surface area contributed by atoms with Gasteiger partial charge in [-0.1, -0.05) is 26.8 Å². The van der Waals surface area contributed by atoms with Gasteiger partial charge >= 0.3 is 5.97 Å². The smallest absolute Gasteiger partial charge is 0.316 e. The summed E-state index contributed by atoms with van der Waals surface area (Å²) in [6.07, 6.45) is 1.23. The SMILES string of the molecule is CCC(=NCCc1ccc(OC)c(OC)c1)C1=C(O)[C@@H](C(=O)OC)C(C)(C)CC1=O. The normalized spacial score (nSPS) is 18.9. The lowest BCUT2D eigenvalue weighted by atomic mass is 9.67. The summed E-state index contributed by atoms with van der Waals surface area (Å²) >= 11 is 0. The van der Waals surface area contributed by atoms with Gasteiger partial charge in [-0.25, -0.2) is 0 Å². The van der Waals surface area contributed by atoms with E-state index in [0.717, 1.165) is 5.56 Å². The van der Waals surface area contributed by atoms with Crippen molar-refractivity contribution in [3.8, 4) is 11.5 Å². The highest BCUT2D eigenvalue weighted by molar-refractivity contribution is 6.23. The van der Waals surface area contributed by atoms with Crippen LogP contribution in [0.5, 0.6) is 11.5 Å². The third-order valence-electron chi connectivity index (χ3n) is 5.42. The molecule has 0 spiro atoms. The minimum atomic E-state index is -0.891. The lowest BCUT2D eigenvalue weighted by molar-refractivity contribution is -0.150. The number of ketones is 1. The Balaban J connectivity index is 2.30. The summed E-state index contributed by atoms with van der Waals surface area (Å²) in [5.41, 5.74) is 0.937. The van der Waals surface area contributed by atoms with Crippen molar-refractivity contribution in [1.82, 2.24) is 0 Å². The molecule has 7 nitrogen and oxygen atoms in total.